The van der Waals surface area contributed by atoms with Gasteiger partial charge in [-0.1, -0.05) is 11.3 Å². The van der Waals surface area contributed by atoms with E-state index in [4.69, 9.17) is 0 Å². The van der Waals surface area contributed by atoms with Crippen LogP contribution in [0.1, 0.15) is 16.3 Å². The summed E-state index contributed by atoms with van der Waals surface area (Å²) >= 11 is 2.59. The molecule has 0 unspecified atom stereocenters. The van der Waals surface area contributed by atoms with Crippen LogP contribution in [0.2, 0.25) is 0 Å². The van der Waals surface area contributed by atoms with Crippen LogP contribution >= 0.6 is 22.7 Å². The van der Waals surface area contributed by atoms with Crippen LogP contribution < -0.4 is 0 Å². The maximum atomic E-state index is 12.5. The average Bonchev–Trinajstić information content (AvgIpc) is 2.91. The fourth-order valence-electron chi connectivity index (χ4n) is 1.71. The lowest BCUT2D eigenvalue weighted by molar-refractivity contribution is 0.155. The van der Waals surface area contributed by atoms with Crippen LogP contribution in [-0.2, 0) is 0 Å². The van der Waals surface area contributed by atoms with Gasteiger partial charge in [0.25, 0.3) is 6.43 Å². The molecule has 0 amide bonds. The van der Waals surface area contributed by atoms with Crippen molar-refractivity contribution < 1.29 is 8.78 Å². The summed E-state index contributed by atoms with van der Waals surface area (Å²) in [6, 6.07) is 3.40. The number of aryl methyl sites for hydroxylation is 1. The fourth-order valence-corrected chi connectivity index (χ4v) is 3.21. The molecule has 0 fully saturated rings. The van der Waals surface area contributed by atoms with E-state index in [9.17, 15) is 8.78 Å². The highest BCUT2D eigenvalue weighted by atomic mass is 32.1. The maximum Gasteiger partial charge on any atom is 0.272 e. The molecule has 0 saturated carbocycles. The molecule has 0 aliphatic rings. The van der Waals surface area contributed by atoms with Gasteiger partial charge in [0.1, 0.15) is 10.3 Å². The van der Waals surface area contributed by atoms with E-state index in [1.807, 2.05) is 13.0 Å². The molecule has 3 heterocycles. The summed E-state index contributed by atoms with van der Waals surface area (Å²) < 4.78 is 25.1. The Balaban J connectivity index is 2.06. The van der Waals surface area contributed by atoms with Gasteiger partial charge in [-0.15, -0.1) is 11.3 Å². The van der Waals surface area contributed by atoms with Crippen LogP contribution in [0.4, 0.5) is 8.78 Å². The molecule has 0 saturated heterocycles. The molecule has 92 valence electrons. The zero-order valence-electron chi connectivity index (χ0n) is 9.35. The minimum absolute atomic E-state index is 0.0829. The van der Waals surface area contributed by atoms with E-state index in [0.717, 1.165) is 37.8 Å². The number of nitrogens with zero attached hydrogens (tertiary/aromatic N) is 2. The Kier molecular flexibility index (Phi) is 2.83. The van der Waals surface area contributed by atoms with Crippen molar-refractivity contribution in [2.45, 2.75) is 13.3 Å². The lowest BCUT2D eigenvalue weighted by atomic mass is 10.1. The summed E-state index contributed by atoms with van der Waals surface area (Å²) in [5.41, 5.74) is 2.42. The average molecular weight is 282 g/mol. The Morgan fingerprint density at radius 2 is 2.06 bits per heavy atom. The molecule has 3 rings (SSSR count). The Labute approximate surface area is 110 Å². The molecule has 0 aliphatic carbocycles. The number of fused-ring (bicyclic) bond motifs is 1. The summed E-state index contributed by atoms with van der Waals surface area (Å²) in [5.74, 6) is 0. The number of rotatable bonds is 2. The summed E-state index contributed by atoms with van der Waals surface area (Å²) in [4.78, 5) is 9.62. The summed E-state index contributed by atoms with van der Waals surface area (Å²) in [6.07, 6.45) is -0.709. The van der Waals surface area contributed by atoms with Crippen molar-refractivity contribution in [3.05, 3.63) is 33.6 Å². The number of halogens is 2. The number of thiazole rings is 1. The quantitative estimate of drug-likeness (QED) is 0.683. The Morgan fingerprint density at radius 1 is 1.22 bits per heavy atom. The first-order chi connectivity index (χ1) is 8.63. The van der Waals surface area contributed by atoms with Crippen molar-refractivity contribution in [3.63, 3.8) is 0 Å². The van der Waals surface area contributed by atoms with Gasteiger partial charge in [0.05, 0.1) is 9.88 Å². The van der Waals surface area contributed by atoms with Crippen molar-refractivity contribution in [2.24, 2.45) is 0 Å². The molecule has 3 aromatic heterocycles. The Morgan fingerprint density at radius 3 is 2.78 bits per heavy atom. The number of alkyl halides is 2. The third-order valence-corrected chi connectivity index (χ3v) is 4.36. The van der Waals surface area contributed by atoms with E-state index in [-0.39, 0.29) is 4.88 Å². The van der Waals surface area contributed by atoms with E-state index in [2.05, 4.69) is 9.97 Å². The highest BCUT2D eigenvalue weighted by Crippen LogP contribution is 2.32. The van der Waals surface area contributed by atoms with Gasteiger partial charge in [0.15, 0.2) is 0 Å². The zero-order chi connectivity index (χ0) is 12.7. The topological polar surface area (TPSA) is 25.8 Å². The van der Waals surface area contributed by atoms with Crippen molar-refractivity contribution >= 4 is 33.0 Å². The van der Waals surface area contributed by atoms with Gasteiger partial charge in [-0.3, -0.25) is 0 Å². The predicted octanol–water partition coefficient (Wildman–Crippen LogP) is 4.67. The van der Waals surface area contributed by atoms with Crippen molar-refractivity contribution in [1.82, 2.24) is 9.97 Å². The lowest BCUT2D eigenvalue weighted by Crippen LogP contribution is -1.79. The second kappa shape index (κ2) is 4.37. The zero-order valence-corrected chi connectivity index (χ0v) is 11.0. The number of aromatic nitrogens is 2. The van der Waals surface area contributed by atoms with Crippen LogP contribution in [0.3, 0.4) is 0 Å². The van der Waals surface area contributed by atoms with E-state index < -0.39 is 6.43 Å². The van der Waals surface area contributed by atoms with Gasteiger partial charge < -0.3 is 0 Å². The first-order valence-electron chi connectivity index (χ1n) is 5.23. The molecule has 0 N–H and O–H groups in total. The van der Waals surface area contributed by atoms with Gasteiger partial charge in [0, 0.05) is 11.8 Å². The SMILES string of the molecule is Cc1nc2cc(-c3csc(C(F)F)c3)cnc2s1. The highest BCUT2D eigenvalue weighted by molar-refractivity contribution is 7.18. The first-order valence-corrected chi connectivity index (χ1v) is 6.93. The molecule has 0 atom stereocenters. The predicted molar refractivity (Wildman–Crippen MR) is 70.4 cm³/mol. The van der Waals surface area contributed by atoms with Crippen molar-refractivity contribution in [1.29, 1.82) is 0 Å². The van der Waals surface area contributed by atoms with Gasteiger partial charge in [0.2, 0.25) is 0 Å². The van der Waals surface area contributed by atoms with Crippen molar-refractivity contribution in [2.75, 3.05) is 0 Å². The second-order valence-corrected chi connectivity index (χ2v) is 5.94. The summed E-state index contributed by atoms with van der Waals surface area (Å²) in [5, 5.41) is 2.68. The number of hydrogen-bond donors (Lipinski definition) is 0. The van der Waals surface area contributed by atoms with Gasteiger partial charge in [-0.2, -0.15) is 0 Å². The molecule has 18 heavy (non-hydrogen) atoms. The van der Waals surface area contributed by atoms with Gasteiger partial charge in [-0.25, -0.2) is 18.7 Å². The van der Waals surface area contributed by atoms with Crippen LogP contribution in [0.15, 0.2) is 23.7 Å². The minimum atomic E-state index is -2.41. The molecule has 3 aromatic rings. The molecule has 2 nitrogen and oxygen atoms in total. The van der Waals surface area contributed by atoms with Crippen molar-refractivity contribution in [3.8, 4) is 11.1 Å². The summed E-state index contributed by atoms with van der Waals surface area (Å²) in [6.45, 7) is 1.92. The molecule has 0 aliphatic heterocycles. The third-order valence-electron chi connectivity index (χ3n) is 2.52. The van der Waals surface area contributed by atoms with Crippen LogP contribution in [-0.4, -0.2) is 9.97 Å². The van der Waals surface area contributed by atoms with Gasteiger partial charge >= 0.3 is 0 Å². The van der Waals surface area contributed by atoms with E-state index in [1.165, 1.54) is 17.4 Å². The molecule has 0 spiro atoms. The third kappa shape index (κ3) is 2.02. The lowest BCUT2D eigenvalue weighted by Gasteiger charge is -1.96. The molecule has 0 bridgehead atoms. The summed E-state index contributed by atoms with van der Waals surface area (Å²) in [7, 11) is 0. The van der Waals surface area contributed by atoms with Crippen LogP contribution in [0, 0.1) is 6.92 Å². The maximum absolute atomic E-state index is 12.5. The van der Waals surface area contributed by atoms with Crippen LogP contribution in [0.5, 0.6) is 0 Å². The number of pyridine rings is 1. The molecule has 0 radical (unpaired) electrons. The first kappa shape index (κ1) is 11.7. The van der Waals surface area contributed by atoms with E-state index in [1.54, 1.807) is 11.6 Å². The van der Waals surface area contributed by atoms with E-state index >= 15 is 0 Å². The largest absolute Gasteiger partial charge is 0.272 e. The van der Waals surface area contributed by atoms with Crippen LogP contribution in [0.25, 0.3) is 21.5 Å². The minimum Gasteiger partial charge on any atom is -0.243 e. The number of hydrogen-bond acceptors (Lipinski definition) is 4. The monoisotopic (exact) mass is 282 g/mol. The Hall–Kier alpha value is -1.40. The molecular weight excluding hydrogens is 274 g/mol. The number of thiophene rings is 1. The second-order valence-electron chi connectivity index (χ2n) is 3.82. The Bertz CT molecular complexity index is 703. The highest BCUT2D eigenvalue weighted by Gasteiger charge is 2.12. The standard InChI is InChI=1S/C12H8F2N2S2/c1-6-16-9-2-7(4-15-12(9)18-6)8-3-10(11(13)14)17-5-8/h2-5,11H,1H3. The molecule has 6 heteroatoms. The normalized spacial score (nSPS) is 11.6. The van der Waals surface area contributed by atoms with Gasteiger partial charge in [-0.05, 0) is 30.0 Å². The van der Waals surface area contributed by atoms with E-state index in [0.29, 0.717) is 0 Å². The molecule has 0 aromatic carbocycles. The fraction of sp³-hybridized carbons (Fsp3) is 0.167. The smallest absolute Gasteiger partial charge is 0.243 e. The molecular formula is C12H8F2N2S2.